The van der Waals surface area contributed by atoms with Gasteiger partial charge in [-0.15, -0.1) is 0 Å². The number of rotatable bonds is 6. The molecule has 0 aromatic heterocycles. The molecule has 0 fully saturated rings. The quantitative estimate of drug-likeness (QED) is 0.851. The molecule has 2 rings (SSSR count). The maximum atomic E-state index is 6.07. The molecule has 0 aliphatic heterocycles. The number of nitrogens with zero attached hydrogens (tertiary/aromatic N) is 1. The Bertz CT molecular complexity index is 583. The third-order valence-corrected chi connectivity index (χ3v) is 4.70. The van der Waals surface area contributed by atoms with Crippen LogP contribution in [0, 0.1) is 0 Å². The van der Waals surface area contributed by atoms with E-state index in [1.54, 1.807) is 0 Å². The van der Waals surface area contributed by atoms with Crippen LogP contribution in [-0.4, -0.2) is 18.5 Å². The van der Waals surface area contributed by atoms with Crippen LogP contribution in [0.3, 0.4) is 0 Å². The van der Waals surface area contributed by atoms with Crippen LogP contribution in [0.4, 0.5) is 0 Å². The molecular formula is C18H23BrN2. The van der Waals surface area contributed by atoms with Crippen molar-refractivity contribution in [2.45, 2.75) is 25.9 Å². The smallest absolute Gasteiger partial charge is 0.0473 e. The van der Waals surface area contributed by atoms with Crippen molar-refractivity contribution in [3.05, 3.63) is 69.7 Å². The second-order valence-electron chi connectivity index (χ2n) is 5.31. The SMILES string of the molecule is CCc1ccccc1C(CN)N(C)Cc1ccccc1Br. The van der Waals surface area contributed by atoms with Crippen molar-refractivity contribution in [3.63, 3.8) is 0 Å². The third kappa shape index (κ3) is 3.94. The topological polar surface area (TPSA) is 29.3 Å². The van der Waals surface area contributed by atoms with Crippen LogP contribution >= 0.6 is 15.9 Å². The number of likely N-dealkylation sites (N-methyl/N-ethyl adjacent to an activating group) is 1. The lowest BCUT2D eigenvalue weighted by Crippen LogP contribution is -2.31. The van der Waals surface area contributed by atoms with Crippen molar-refractivity contribution in [3.8, 4) is 0 Å². The van der Waals surface area contributed by atoms with Crippen LogP contribution in [0.2, 0.25) is 0 Å². The van der Waals surface area contributed by atoms with E-state index in [1.807, 2.05) is 6.07 Å². The van der Waals surface area contributed by atoms with Crippen molar-refractivity contribution in [2.75, 3.05) is 13.6 Å². The molecule has 1 unspecified atom stereocenters. The molecule has 2 aromatic carbocycles. The zero-order valence-corrected chi connectivity index (χ0v) is 14.3. The molecule has 0 heterocycles. The van der Waals surface area contributed by atoms with E-state index in [2.05, 4.69) is 77.3 Å². The van der Waals surface area contributed by atoms with Gasteiger partial charge >= 0.3 is 0 Å². The second-order valence-corrected chi connectivity index (χ2v) is 6.16. The molecule has 0 aliphatic rings. The van der Waals surface area contributed by atoms with Gasteiger partial charge in [-0.05, 0) is 36.2 Å². The molecule has 21 heavy (non-hydrogen) atoms. The Balaban J connectivity index is 2.23. The fourth-order valence-electron chi connectivity index (χ4n) is 2.73. The number of nitrogens with two attached hydrogens (primary N) is 1. The number of aryl methyl sites for hydroxylation is 1. The first-order valence-corrected chi connectivity index (χ1v) is 8.18. The van der Waals surface area contributed by atoms with Gasteiger partial charge in [-0.1, -0.05) is 65.3 Å². The number of halogens is 1. The van der Waals surface area contributed by atoms with E-state index >= 15 is 0 Å². The Kier molecular flexibility index (Phi) is 5.97. The molecule has 0 saturated heterocycles. The molecule has 0 saturated carbocycles. The van der Waals surface area contributed by atoms with Gasteiger partial charge in [-0.25, -0.2) is 0 Å². The highest BCUT2D eigenvalue weighted by atomic mass is 79.9. The standard InChI is InChI=1S/C18H23BrN2/c1-3-14-8-4-6-10-16(14)18(12-20)21(2)13-15-9-5-7-11-17(15)19/h4-11,18H,3,12-13,20H2,1-2H3. The molecule has 1 atom stereocenters. The normalized spacial score (nSPS) is 12.6. The lowest BCUT2D eigenvalue weighted by atomic mass is 9.97. The molecule has 2 nitrogen and oxygen atoms in total. The van der Waals surface area contributed by atoms with Crippen LogP contribution in [0.15, 0.2) is 53.0 Å². The summed E-state index contributed by atoms with van der Waals surface area (Å²) in [7, 11) is 2.14. The zero-order valence-electron chi connectivity index (χ0n) is 12.7. The minimum atomic E-state index is 0.244. The lowest BCUT2D eigenvalue weighted by molar-refractivity contribution is 0.240. The Morgan fingerprint density at radius 3 is 2.29 bits per heavy atom. The van der Waals surface area contributed by atoms with Gasteiger partial charge in [0.2, 0.25) is 0 Å². The van der Waals surface area contributed by atoms with Crippen LogP contribution in [-0.2, 0) is 13.0 Å². The molecule has 0 amide bonds. The van der Waals surface area contributed by atoms with E-state index in [-0.39, 0.29) is 6.04 Å². The van der Waals surface area contributed by atoms with Crippen LogP contribution in [0.1, 0.15) is 29.7 Å². The average molecular weight is 347 g/mol. The summed E-state index contributed by atoms with van der Waals surface area (Å²) in [4.78, 5) is 2.33. The van der Waals surface area contributed by atoms with E-state index < -0.39 is 0 Å². The minimum Gasteiger partial charge on any atom is -0.329 e. The molecule has 112 valence electrons. The van der Waals surface area contributed by atoms with Gasteiger partial charge in [0, 0.05) is 23.6 Å². The molecule has 0 spiro atoms. The summed E-state index contributed by atoms with van der Waals surface area (Å²) < 4.78 is 1.15. The van der Waals surface area contributed by atoms with Crippen molar-refractivity contribution >= 4 is 15.9 Å². The Labute approximate surface area is 136 Å². The van der Waals surface area contributed by atoms with Crippen molar-refractivity contribution in [2.24, 2.45) is 5.73 Å². The molecule has 3 heteroatoms. The molecule has 0 radical (unpaired) electrons. The van der Waals surface area contributed by atoms with Crippen LogP contribution < -0.4 is 5.73 Å². The number of hydrogen-bond donors (Lipinski definition) is 1. The van der Waals surface area contributed by atoms with E-state index in [4.69, 9.17) is 5.73 Å². The van der Waals surface area contributed by atoms with E-state index in [0.29, 0.717) is 6.54 Å². The Hall–Kier alpha value is -1.16. The fourth-order valence-corrected chi connectivity index (χ4v) is 3.14. The number of benzene rings is 2. The fraction of sp³-hybridized carbons (Fsp3) is 0.333. The maximum absolute atomic E-state index is 6.07. The third-order valence-electron chi connectivity index (χ3n) is 3.93. The first-order chi connectivity index (χ1) is 10.2. The molecular weight excluding hydrogens is 324 g/mol. The van der Waals surface area contributed by atoms with Crippen LogP contribution in [0.5, 0.6) is 0 Å². The van der Waals surface area contributed by atoms with Crippen molar-refractivity contribution in [1.82, 2.24) is 4.90 Å². The number of hydrogen-bond acceptors (Lipinski definition) is 2. The first kappa shape index (κ1) is 16.2. The summed E-state index contributed by atoms with van der Waals surface area (Å²) in [6, 6.07) is 17.2. The van der Waals surface area contributed by atoms with Gasteiger partial charge in [0.1, 0.15) is 0 Å². The summed E-state index contributed by atoms with van der Waals surface area (Å²) in [5.41, 5.74) is 10.1. The van der Waals surface area contributed by atoms with Gasteiger partial charge in [0.15, 0.2) is 0 Å². The van der Waals surface area contributed by atoms with Crippen molar-refractivity contribution < 1.29 is 0 Å². The molecule has 2 aromatic rings. The largest absolute Gasteiger partial charge is 0.329 e. The second kappa shape index (κ2) is 7.74. The Morgan fingerprint density at radius 2 is 1.67 bits per heavy atom. The zero-order chi connectivity index (χ0) is 15.2. The first-order valence-electron chi connectivity index (χ1n) is 7.38. The minimum absolute atomic E-state index is 0.244. The maximum Gasteiger partial charge on any atom is 0.0473 e. The van der Waals surface area contributed by atoms with Gasteiger partial charge in [0.05, 0.1) is 0 Å². The predicted octanol–water partition coefficient (Wildman–Crippen LogP) is 4.14. The highest BCUT2D eigenvalue weighted by Gasteiger charge is 2.18. The monoisotopic (exact) mass is 346 g/mol. The predicted molar refractivity (Wildman–Crippen MR) is 93.2 cm³/mol. The molecule has 0 aliphatic carbocycles. The van der Waals surface area contributed by atoms with Gasteiger partial charge in [-0.2, -0.15) is 0 Å². The molecule has 0 bridgehead atoms. The van der Waals surface area contributed by atoms with Crippen molar-refractivity contribution in [1.29, 1.82) is 0 Å². The van der Waals surface area contributed by atoms with E-state index in [0.717, 1.165) is 17.4 Å². The summed E-state index contributed by atoms with van der Waals surface area (Å²) in [5.74, 6) is 0. The average Bonchev–Trinajstić information content (AvgIpc) is 2.51. The van der Waals surface area contributed by atoms with Gasteiger partial charge in [0.25, 0.3) is 0 Å². The van der Waals surface area contributed by atoms with Gasteiger partial charge in [-0.3, -0.25) is 4.90 Å². The van der Waals surface area contributed by atoms with E-state index in [1.165, 1.54) is 16.7 Å². The molecule has 2 N–H and O–H groups in total. The summed E-state index contributed by atoms with van der Waals surface area (Å²) in [6.07, 6.45) is 1.04. The summed E-state index contributed by atoms with van der Waals surface area (Å²) in [5, 5.41) is 0. The summed E-state index contributed by atoms with van der Waals surface area (Å²) >= 11 is 3.62. The highest BCUT2D eigenvalue weighted by molar-refractivity contribution is 9.10. The summed E-state index contributed by atoms with van der Waals surface area (Å²) in [6.45, 7) is 3.69. The van der Waals surface area contributed by atoms with Gasteiger partial charge < -0.3 is 5.73 Å². The highest BCUT2D eigenvalue weighted by Crippen LogP contribution is 2.26. The van der Waals surface area contributed by atoms with E-state index in [9.17, 15) is 0 Å². The Morgan fingerprint density at radius 1 is 1.05 bits per heavy atom. The lowest BCUT2D eigenvalue weighted by Gasteiger charge is -2.29. The van der Waals surface area contributed by atoms with Crippen LogP contribution in [0.25, 0.3) is 0 Å².